The molecule has 0 aliphatic carbocycles. The van der Waals surface area contributed by atoms with Crippen molar-refractivity contribution in [1.82, 2.24) is 0 Å². The highest BCUT2D eigenvalue weighted by atomic mass is 32.2. The number of thioether (sulfide) groups is 1. The van der Waals surface area contributed by atoms with Crippen molar-refractivity contribution in [1.29, 1.82) is 0 Å². The zero-order valence-electron chi connectivity index (χ0n) is 12.0. The molecule has 0 aromatic heterocycles. The number of ether oxygens (including phenoxy) is 1. The Bertz CT molecular complexity index is 462. The average molecular weight is 295 g/mol. The van der Waals surface area contributed by atoms with Crippen LogP contribution in [0.1, 0.15) is 17.3 Å². The highest BCUT2D eigenvalue weighted by Gasteiger charge is 2.19. The van der Waals surface area contributed by atoms with Gasteiger partial charge in [0.15, 0.2) is 0 Å². The predicted octanol–water partition coefficient (Wildman–Crippen LogP) is 3.14. The molecule has 20 heavy (non-hydrogen) atoms. The Labute approximate surface area is 124 Å². The Morgan fingerprint density at radius 1 is 1.55 bits per heavy atom. The molecule has 0 saturated carbocycles. The molecular weight excluding hydrogens is 274 g/mol. The molecule has 0 fully saturated rings. The molecule has 110 valence electrons. The van der Waals surface area contributed by atoms with E-state index < -0.39 is 5.97 Å². The van der Waals surface area contributed by atoms with E-state index in [4.69, 9.17) is 4.74 Å². The molecule has 1 N–H and O–H groups in total. The molecule has 0 aliphatic heterocycles. The van der Waals surface area contributed by atoms with Crippen molar-refractivity contribution in [3.05, 3.63) is 36.4 Å². The lowest BCUT2D eigenvalue weighted by Crippen LogP contribution is -2.29. The van der Waals surface area contributed by atoms with Gasteiger partial charge in [-0.1, -0.05) is 19.1 Å². The van der Waals surface area contributed by atoms with E-state index in [1.165, 1.54) is 11.8 Å². The average Bonchev–Trinajstić information content (AvgIpc) is 2.43. The number of methoxy groups -OCH3 is 1. The normalized spacial score (nSPS) is 10.3. The number of carboxylic acid groups (broad SMARTS) is 1. The molecule has 0 bridgehead atoms. The molecule has 0 saturated heterocycles. The summed E-state index contributed by atoms with van der Waals surface area (Å²) in [4.78, 5) is 14.4. The summed E-state index contributed by atoms with van der Waals surface area (Å²) in [5, 5.41) is 9.52. The lowest BCUT2D eigenvalue weighted by atomic mass is 10.1. The van der Waals surface area contributed by atoms with Gasteiger partial charge in [-0.25, -0.2) is 4.79 Å². The number of hydrogen-bond donors (Lipinski definition) is 1. The highest BCUT2D eigenvalue weighted by Crippen LogP contribution is 2.31. The first-order valence-corrected chi connectivity index (χ1v) is 7.48. The van der Waals surface area contributed by atoms with E-state index in [1.54, 1.807) is 13.2 Å². The first-order chi connectivity index (χ1) is 9.65. The van der Waals surface area contributed by atoms with Crippen LogP contribution in [0.2, 0.25) is 0 Å². The zero-order valence-corrected chi connectivity index (χ0v) is 12.8. The topological polar surface area (TPSA) is 49.8 Å². The second-order valence-corrected chi connectivity index (χ2v) is 5.42. The Morgan fingerprint density at radius 2 is 2.30 bits per heavy atom. The van der Waals surface area contributed by atoms with Gasteiger partial charge in [0.2, 0.25) is 0 Å². The van der Waals surface area contributed by atoms with Gasteiger partial charge in [0, 0.05) is 25.1 Å². The zero-order chi connectivity index (χ0) is 15.0. The monoisotopic (exact) mass is 295 g/mol. The smallest absolute Gasteiger partial charge is 0.338 e. The van der Waals surface area contributed by atoms with E-state index >= 15 is 0 Å². The molecule has 0 heterocycles. The standard InChI is InChI=1S/C15H21NO3S/c1-4-9-16(10-11-19-3)12-7-6-8-13(20-5-2)14(12)15(17)18/h4,6-8H,1,5,9-11H2,2-3H3,(H,17,18). The quantitative estimate of drug-likeness (QED) is 0.560. The van der Waals surface area contributed by atoms with Crippen molar-refractivity contribution in [2.24, 2.45) is 0 Å². The van der Waals surface area contributed by atoms with Crippen LogP contribution in [0.4, 0.5) is 5.69 Å². The molecule has 1 aromatic carbocycles. The predicted molar refractivity (Wildman–Crippen MR) is 84.1 cm³/mol. The molecule has 0 amide bonds. The molecule has 0 aliphatic rings. The van der Waals surface area contributed by atoms with Crippen molar-refractivity contribution >= 4 is 23.4 Å². The minimum atomic E-state index is -0.900. The Hall–Kier alpha value is -1.46. The number of carbonyl (C=O) groups is 1. The van der Waals surface area contributed by atoms with Gasteiger partial charge >= 0.3 is 5.97 Å². The lowest BCUT2D eigenvalue weighted by Gasteiger charge is -2.25. The van der Waals surface area contributed by atoms with Crippen LogP contribution >= 0.6 is 11.8 Å². The lowest BCUT2D eigenvalue weighted by molar-refractivity contribution is 0.0693. The van der Waals surface area contributed by atoms with E-state index in [0.717, 1.165) is 10.6 Å². The molecule has 0 radical (unpaired) electrons. The third-order valence-corrected chi connectivity index (χ3v) is 3.71. The van der Waals surface area contributed by atoms with E-state index in [-0.39, 0.29) is 0 Å². The van der Waals surface area contributed by atoms with Crippen LogP contribution < -0.4 is 4.90 Å². The molecule has 0 spiro atoms. The number of aromatic carboxylic acids is 1. The fourth-order valence-corrected chi connectivity index (χ4v) is 2.76. The van der Waals surface area contributed by atoms with Crippen LogP contribution in [0.25, 0.3) is 0 Å². The maximum Gasteiger partial charge on any atom is 0.338 e. The fourth-order valence-electron chi connectivity index (χ4n) is 1.94. The molecule has 4 nitrogen and oxygen atoms in total. The van der Waals surface area contributed by atoms with Gasteiger partial charge in [-0.2, -0.15) is 0 Å². The third kappa shape index (κ3) is 4.28. The largest absolute Gasteiger partial charge is 0.478 e. The summed E-state index contributed by atoms with van der Waals surface area (Å²) in [7, 11) is 1.63. The van der Waals surface area contributed by atoms with Crippen LogP contribution in [0.5, 0.6) is 0 Å². The molecule has 0 unspecified atom stereocenters. The van der Waals surface area contributed by atoms with Crippen molar-refractivity contribution in [2.45, 2.75) is 11.8 Å². The number of hydrogen-bond acceptors (Lipinski definition) is 4. The second kappa shape index (κ2) is 8.66. The van der Waals surface area contributed by atoms with Gasteiger partial charge < -0.3 is 14.7 Å². The van der Waals surface area contributed by atoms with Gasteiger partial charge in [0.05, 0.1) is 17.9 Å². The van der Waals surface area contributed by atoms with E-state index in [0.29, 0.717) is 30.9 Å². The van der Waals surface area contributed by atoms with Crippen LogP contribution in [-0.2, 0) is 4.74 Å². The molecule has 0 atom stereocenters. The summed E-state index contributed by atoms with van der Waals surface area (Å²) in [5.74, 6) is -0.0634. The van der Waals surface area contributed by atoms with Crippen molar-refractivity contribution < 1.29 is 14.6 Å². The first-order valence-electron chi connectivity index (χ1n) is 6.49. The highest BCUT2D eigenvalue weighted by molar-refractivity contribution is 7.99. The Morgan fingerprint density at radius 3 is 2.85 bits per heavy atom. The van der Waals surface area contributed by atoms with Crippen LogP contribution in [0.3, 0.4) is 0 Å². The third-order valence-electron chi connectivity index (χ3n) is 2.77. The van der Waals surface area contributed by atoms with Crippen molar-refractivity contribution in [3.63, 3.8) is 0 Å². The summed E-state index contributed by atoms with van der Waals surface area (Å²) in [6, 6.07) is 5.58. The molecule has 5 heteroatoms. The maximum absolute atomic E-state index is 11.6. The number of benzene rings is 1. The minimum Gasteiger partial charge on any atom is -0.478 e. The van der Waals surface area contributed by atoms with Crippen LogP contribution in [0, 0.1) is 0 Å². The first kappa shape index (κ1) is 16.6. The second-order valence-electron chi connectivity index (χ2n) is 4.12. The minimum absolute atomic E-state index is 0.359. The van der Waals surface area contributed by atoms with E-state index in [2.05, 4.69) is 6.58 Å². The van der Waals surface area contributed by atoms with E-state index in [9.17, 15) is 9.90 Å². The van der Waals surface area contributed by atoms with Gasteiger partial charge in [-0.15, -0.1) is 18.3 Å². The van der Waals surface area contributed by atoms with Crippen molar-refractivity contribution in [3.8, 4) is 0 Å². The van der Waals surface area contributed by atoms with E-state index in [1.807, 2.05) is 30.0 Å². The summed E-state index contributed by atoms with van der Waals surface area (Å²) in [5.41, 5.74) is 1.07. The van der Waals surface area contributed by atoms with Crippen LogP contribution in [0.15, 0.2) is 35.7 Å². The fraction of sp³-hybridized carbons (Fsp3) is 0.400. The number of nitrogens with zero attached hydrogens (tertiary/aromatic N) is 1. The molecule has 1 rings (SSSR count). The van der Waals surface area contributed by atoms with Gasteiger partial charge in [0.1, 0.15) is 0 Å². The van der Waals surface area contributed by atoms with Gasteiger partial charge in [-0.3, -0.25) is 0 Å². The van der Waals surface area contributed by atoms with Gasteiger partial charge in [-0.05, 0) is 17.9 Å². The van der Waals surface area contributed by atoms with Crippen LogP contribution in [-0.4, -0.2) is 43.6 Å². The Balaban J connectivity index is 3.21. The summed E-state index contributed by atoms with van der Waals surface area (Å²) in [6.07, 6.45) is 1.76. The van der Waals surface area contributed by atoms with Gasteiger partial charge in [0.25, 0.3) is 0 Å². The van der Waals surface area contributed by atoms with Crippen molar-refractivity contribution in [2.75, 3.05) is 37.5 Å². The maximum atomic E-state index is 11.6. The number of anilines is 1. The SMILES string of the molecule is C=CCN(CCOC)c1cccc(SCC)c1C(=O)O. The number of rotatable bonds is 9. The Kier molecular flexibility index (Phi) is 7.18. The molecule has 1 aromatic rings. The summed E-state index contributed by atoms with van der Waals surface area (Å²) >= 11 is 1.54. The summed E-state index contributed by atoms with van der Waals surface area (Å²) in [6.45, 7) is 7.50. The number of carboxylic acids is 1. The molecular formula is C15H21NO3S. The summed E-state index contributed by atoms with van der Waals surface area (Å²) < 4.78 is 5.09.